The Labute approximate surface area is 244 Å². The van der Waals surface area contributed by atoms with Crippen molar-refractivity contribution in [3.8, 4) is 11.4 Å². The number of piperidine rings is 1. The number of urea groups is 1. The molecule has 0 bridgehead atoms. The summed E-state index contributed by atoms with van der Waals surface area (Å²) in [5, 5.41) is 17.5. The average Bonchev–Trinajstić information content (AvgIpc) is 3.35. The third-order valence-corrected chi connectivity index (χ3v) is 7.69. The van der Waals surface area contributed by atoms with Gasteiger partial charge in [-0.2, -0.15) is 0 Å². The fourth-order valence-corrected chi connectivity index (χ4v) is 5.66. The predicted molar refractivity (Wildman–Crippen MR) is 154 cm³/mol. The first-order chi connectivity index (χ1) is 19.2. The molecule has 2 aliphatic rings. The molecule has 0 aliphatic carbocycles. The van der Waals surface area contributed by atoms with Crippen molar-refractivity contribution in [3.63, 3.8) is 0 Å². The van der Waals surface area contributed by atoms with Crippen LogP contribution in [0.5, 0.6) is 0 Å². The van der Waals surface area contributed by atoms with Gasteiger partial charge in [0.1, 0.15) is 11.9 Å². The lowest BCUT2D eigenvalue weighted by molar-refractivity contribution is -0.0411. The van der Waals surface area contributed by atoms with E-state index in [1.54, 1.807) is 30.9 Å². The van der Waals surface area contributed by atoms with Gasteiger partial charge < -0.3 is 20.3 Å². The number of aromatic nitrogens is 4. The normalized spacial score (nSPS) is 22.9. The minimum atomic E-state index is -0.832. The lowest BCUT2D eigenvalue weighted by atomic mass is 9.88. The number of rotatable bonds is 7. The minimum absolute atomic E-state index is 0. The summed E-state index contributed by atoms with van der Waals surface area (Å²) in [6.07, 6.45) is 2.03. The monoisotopic (exact) mass is 586 g/mol. The molecule has 2 unspecified atom stereocenters. The molecular formula is C28H36ClFN8O3. The Morgan fingerprint density at radius 3 is 2.71 bits per heavy atom. The van der Waals surface area contributed by atoms with Gasteiger partial charge in [-0.3, -0.25) is 4.90 Å². The van der Waals surface area contributed by atoms with Crippen LogP contribution >= 0.6 is 12.4 Å². The molecule has 13 heteroatoms. The number of halogens is 2. The topological polar surface area (TPSA) is 118 Å². The smallest absolute Gasteiger partial charge is 0.409 e. The molecule has 1 aromatic heterocycles. The van der Waals surface area contributed by atoms with Crippen LogP contribution < -0.4 is 10.6 Å². The third-order valence-electron chi connectivity index (χ3n) is 7.69. The molecule has 2 N–H and O–H groups in total. The first-order valence-electron chi connectivity index (χ1n) is 13.5. The number of amides is 3. The number of nitrogens with zero attached hydrogens (tertiary/aromatic N) is 6. The maximum Gasteiger partial charge on any atom is 0.409 e. The molecule has 2 fully saturated rings. The number of cyclic esters (lactones) is 1. The predicted octanol–water partition coefficient (Wildman–Crippen LogP) is 3.72. The van der Waals surface area contributed by atoms with Crippen LogP contribution in [-0.2, 0) is 18.2 Å². The van der Waals surface area contributed by atoms with Crippen LogP contribution in [-0.4, -0.2) is 87.0 Å². The molecule has 3 heterocycles. The molecular weight excluding hydrogens is 551 g/mol. The highest BCUT2D eigenvalue weighted by molar-refractivity contribution is 5.90. The highest BCUT2D eigenvalue weighted by Gasteiger charge is 2.46. The number of hydrogen-bond donors (Lipinski definition) is 2. The molecule has 3 amide bonds. The molecule has 11 nitrogen and oxygen atoms in total. The molecule has 41 heavy (non-hydrogen) atoms. The first-order valence-corrected chi connectivity index (χ1v) is 13.5. The second-order valence-electron chi connectivity index (χ2n) is 11.0. The van der Waals surface area contributed by atoms with E-state index in [0.717, 1.165) is 43.5 Å². The fourth-order valence-electron chi connectivity index (χ4n) is 5.66. The Bertz CT molecular complexity index is 1360. The Kier molecular flexibility index (Phi) is 9.44. The zero-order valence-corrected chi connectivity index (χ0v) is 24.2. The van der Waals surface area contributed by atoms with E-state index in [1.165, 1.54) is 17.0 Å². The number of likely N-dealkylation sites (N-methyl/N-ethyl adjacent to an activating group) is 1. The van der Waals surface area contributed by atoms with Gasteiger partial charge in [0.2, 0.25) is 0 Å². The van der Waals surface area contributed by atoms with Crippen molar-refractivity contribution in [2.24, 2.45) is 13.0 Å². The molecule has 0 spiro atoms. The van der Waals surface area contributed by atoms with E-state index in [4.69, 9.17) is 4.74 Å². The molecule has 220 valence electrons. The molecule has 2 saturated heterocycles. The summed E-state index contributed by atoms with van der Waals surface area (Å²) in [7, 11) is 3.41. The van der Waals surface area contributed by atoms with Crippen molar-refractivity contribution >= 4 is 30.2 Å². The highest BCUT2D eigenvalue weighted by atomic mass is 35.5. The number of nitrogens with one attached hydrogen (secondary N) is 2. The van der Waals surface area contributed by atoms with Gasteiger partial charge in [0, 0.05) is 38.4 Å². The Morgan fingerprint density at radius 2 is 1.98 bits per heavy atom. The third kappa shape index (κ3) is 7.31. The average molecular weight is 587 g/mol. The van der Waals surface area contributed by atoms with Gasteiger partial charge >= 0.3 is 12.1 Å². The van der Waals surface area contributed by atoms with E-state index in [1.807, 2.05) is 31.2 Å². The second kappa shape index (κ2) is 12.8. The van der Waals surface area contributed by atoms with Crippen molar-refractivity contribution in [2.75, 3.05) is 38.5 Å². The van der Waals surface area contributed by atoms with Gasteiger partial charge in [0.15, 0.2) is 5.82 Å². The van der Waals surface area contributed by atoms with Crippen molar-refractivity contribution < 1.29 is 18.7 Å². The Morgan fingerprint density at radius 1 is 1.20 bits per heavy atom. The summed E-state index contributed by atoms with van der Waals surface area (Å²) >= 11 is 0. The van der Waals surface area contributed by atoms with Crippen LogP contribution in [0.25, 0.3) is 11.4 Å². The molecule has 2 aromatic carbocycles. The summed E-state index contributed by atoms with van der Waals surface area (Å²) in [6, 6.07) is 13.5. The van der Waals surface area contributed by atoms with Crippen LogP contribution in [0.2, 0.25) is 0 Å². The molecule has 3 atom stereocenters. The summed E-state index contributed by atoms with van der Waals surface area (Å²) < 4.78 is 20.7. The maximum absolute atomic E-state index is 13.3. The number of carbonyl (C=O) groups excluding carboxylic acids is 2. The van der Waals surface area contributed by atoms with E-state index in [-0.39, 0.29) is 18.2 Å². The van der Waals surface area contributed by atoms with Gasteiger partial charge in [-0.25, -0.2) is 18.7 Å². The highest BCUT2D eigenvalue weighted by Crippen LogP contribution is 2.27. The molecule has 2 aliphatic heterocycles. The van der Waals surface area contributed by atoms with Gasteiger partial charge in [-0.05, 0) is 78.9 Å². The quantitative estimate of drug-likeness (QED) is 0.433. The van der Waals surface area contributed by atoms with E-state index < -0.39 is 23.8 Å². The van der Waals surface area contributed by atoms with Gasteiger partial charge in [0.05, 0.1) is 12.1 Å². The fraction of sp³-hybridized carbons (Fsp3) is 0.464. The molecule has 5 rings (SSSR count). The summed E-state index contributed by atoms with van der Waals surface area (Å²) in [4.78, 5) is 29.5. The Hall–Kier alpha value is -3.77. The summed E-state index contributed by atoms with van der Waals surface area (Å²) in [5.74, 6) is 0.764. The number of hydrogen-bond acceptors (Lipinski definition) is 7. The summed E-state index contributed by atoms with van der Waals surface area (Å²) in [6.45, 7) is 4.44. The van der Waals surface area contributed by atoms with Crippen molar-refractivity contribution in [1.29, 1.82) is 0 Å². The second-order valence-corrected chi connectivity index (χ2v) is 11.0. The number of anilines is 1. The number of carbonyl (C=O) groups is 2. The van der Waals surface area contributed by atoms with Crippen LogP contribution in [0.4, 0.5) is 19.7 Å². The zero-order valence-electron chi connectivity index (χ0n) is 23.4. The van der Waals surface area contributed by atoms with Gasteiger partial charge in [0.25, 0.3) is 0 Å². The van der Waals surface area contributed by atoms with E-state index in [2.05, 4.69) is 31.1 Å². The van der Waals surface area contributed by atoms with Crippen molar-refractivity contribution in [1.82, 2.24) is 35.3 Å². The number of tetrazole rings is 1. The number of aryl methyl sites for hydroxylation is 1. The molecule has 0 radical (unpaired) electrons. The molecule has 3 aromatic rings. The lowest BCUT2D eigenvalue weighted by Gasteiger charge is -2.46. The number of likely N-dealkylation sites (tertiary alicyclic amines) is 1. The summed E-state index contributed by atoms with van der Waals surface area (Å²) in [5.41, 5.74) is 1.63. The Balaban J connectivity index is 0.00000387. The van der Waals surface area contributed by atoms with Gasteiger partial charge in [-0.1, -0.05) is 24.3 Å². The number of benzene rings is 2. The van der Waals surface area contributed by atoms with Crippen molar-refractivity contribution in [2.45, 2.75) is 37.8 Å². The van der Waals surface area contributed by atoms with E-state index >= 15 is 0 Å². The first kappa shape index (κ1) is 30.2. The maximum atomic E-state index is 13.3. The van der Waals surface area contributed by atoms with Crippen molar-refractivity contribution in [3.05, 3.63) is 59.9 Å². The standard InChI is InChI=1S/C28H35FN8O3.ClH/c1-28(31-26(38)30-23-8-4-7-21(15-23)25-32-33-34-36(25)3)18-35(2)27(39)40-24(28)17-37-13-5-6-20(16-37)14-19-9-11-22(29)12-10-19;/h4,7-12,15,20,24H,5-6,13-14,16-18H2,1-3H3,(H2,30,31,38);1H/t20-,24?,28?;/m0./s1. The van der Waals surface area contributed by atoms with Crippen LogP contribution in [0, 0.1) is 11.7 Å². The largest absolute Gasteiger partial charge is 0.442 e. The molecule has 0 saturated carbocycles. The number of ether oxygens (including phenoxy) is 1. The van der Waals surface area contributed by atoms with Crippen LogP contribution in [0.1, 0.15) is 25.3 Å². The van der Waals surface area contributed by atoms with Gasteiger partial charge in [-0.15, -0.1) is 17.5 Å². The zero-order chi connectivity index (χ0) is 28.3. The van der Waals surface area contributed by atoms with Crippen LogP contribution in [0.3, 0.4) is 0 Å². The van der Waals surface area contributed by atoms with E-state index in [9.17, 15) is 14.0 Å². The lowest BCUT2D eigenvalue weighted by Crippen LogP contribution is -2.68. The van der Waals surface area contributed by atoms with Crippen LogP contribution in [0.15, 0.2) is 48.5 Å². The van der Waals surface area contributed by atoms with E-state index in [0.29, 0.717) is 30.5 Å². The minimum Gasteiger partial charge on any atom is -0.442 e. The SMILES string of the molecule is CN1CC(C)(NC(=O)Nc2cccc(-c3nnnn3C)c2)C(CN2CCC[C@@H](Cc3ccc(F)cc3)C2)OC1=O.Cl.